The molecule has 9 heteroatoms. The van der Waals surface area contributed by atoms with Gasteiger partial charge in [-0.1, -0.05) is 346 Å². The SMILES string of the molecule is c1ccc(-c2cc(-c3ccc(N(c4ccc5c(c4)oc4ccccc45)c4ccc5c(c4)oc4ccccc45)cc3)cc3ccccc23)cc1.c1ccc(-c2cc(-c3ccc(N(c4ccc5c(c4)sc4ccccc45)c4ccc5c(c4)sc4ccccc45)cc3)cc3ccccc23)cc1.c1ccc(-c2cc(-c3ccc(N(c4cccc5c4sc4ccccc45)c4cccc5c4sc4ccccc45)cc3)cc3ccccc23)cc1. The summed E-state index contributed by atoms with van der Waals surface area (Å²) in [6.45, 7) is 0. The highest BCUT2D eigenvalue weighted by atomic mass is 32.1. The number of anilines is 9. The molecule has 690 valence electrons. The average Bonchev–Trinajstić information content (AvgIpc) is 1.61. The van der Waals surface area contributed by atoms with Crippen LogP contribution in [-0.4, -0.2) is 0 Å². The molecule has 30 aromatic rings. The Morgan fingerprint density at radius 3 is 0.755 bits per heavy atom. The van der Waals surface area contributed by atoms with Crippen molar-refractivity contribution in [2.45, 2.75) is 0 Å². The van der Waals surface area contributed by atoms with Crippen molar-refractivity contribution in [1.29, 1.82) is 0 Å². The van der Waals surface area contributed by atoms with E-state index in [9.17, 15) is 0 Å². The lowest BCUT2D eigenvalue weighted by Crippen LogP contribution is -2.10. The molecule has 147 heavy (non-hydrogen) atoms. The van der Waals surface area contributed by atoms with E-state index in [1.54, 1.807) is 0 Å². The van der Waals surface area contributed by atoms with Gasteiger partial charge in [0.05, 0.1) is 20.8 Å². The highest BCUT2D eigenvalue weighted by molar-refractivity contribution is 7.27. The minimum atomic E-state index is 0.856. The Morgan fingerprint density at radius 2 is 0.395 bits per heavy atom. The molecule has 6 aromatic heterocycles. The third-order valence-corrected chi connectivity index (χ3v) is 33.6. The zero-order valence-electron chi connectivity index (χ0n) is 79.5. The minimum Gasteiger partial charge on any atom is -0.456 e. The van der Waals surface area contributed by atoms with Crippen LogP contribution in [0.15, 0.2) is 537 Å². The lowest BCUT2D eigenvalue weighted by atomic mass is 9.93. The number of fused-ring (bicyclic) bond motifs is 21. The third-order valence-electron chi connectivity index (χ3n) is 28.9. The summed E-state index contributed by atoms with van der Waals surface area (Å²) >= 11 is 7.49. The van der Waals surface area contributed by atoms with Crippen LogP contribution < -0.4 is 14.7 Å². The van der Waals surface area contributed by atoms with Gasteiger partial charge in [0.15, 0.2) is 0 Å². The van der Waals surface area contributed by atoms with Crippen LogP contribution in [0.5, 0.6) is 0 Å². The molecule has 0 unspecified atom stereocenters. The van der Waals surface area contributed by atoms with Crippen molar-refractivity contribution in [3.05, 3.63) is 528 Å². The molecule has 0 amide bonds. The number of rotatable bonds is 15. The van der Waals surface area contributed by atoms with Crippen molar-refractivity contribution < 1.29 is 8.83 Å². The zero-order valence-corrected chi connectivity index (χ0v) is 82.8. The van der Waals surface area contributed by atoms with Crippen LogP contribution in [0.3, 0.4) is 0 Å². The van der Waals surface area contributed by atoms with Crippen LogP contribution in [0.2, 0.25) is 0 Å². The van der Waals surface area contributed by atoms with Gasteiger partial charge in [-0.15, -0.1) is 45.3 Å². The Morgan fingerprint density at radius 1 is 0.136 bits per heavy atom. The van der Waals surface area contributed by atoms with E-state index in [1.807, 2.05) is 69.6 Å². The summed E-state index contributed by atoms with van der Waals surface area (Å²) in [5, 5.41) is 22.4. The van der Waals surface area contributed by atoms with Crippen LogP contribution in [0.1, 0.15) is 0 Å². The number of hydrogen-bond donors (Lipinski definition) is 0. The normalized spacial score (nSPS) is 11.7. The van der Waals surface area contributed by atoms with Crippen LogP contribution in [-0.2, 0) is 0 Å². The van der Waals surface area contributed by atoms with Crippen molar-refractivity contribution in [2.24, 2.45) is 0 Å². The van der Waals surface area contributed by atoms with Gasteiger partial charge in [-0.2, -0.15) is 0 Å². The monoisotopic (exact) mass is 1950 g/mol. The number of benzene rings is 24. The Labute approximate surface area is 864 Å². The zero-order chi connectivity index (χ0) is 96.9. The summed E-state index contributed by atoms with van der Waals surface area (Å²) in [4.78, 5) is 7.17. The van der Waals surface area contributed by atoms with Gasteiger partial charge >= 0.3 is 0 Å². The molecule has 5 nitrogen and oxygen atoms in total. The average molecular weight is 1950 g/mol. The first-order chi connectivity index (χ1) is 72.8. The maximum atomic E-state index is 6.34. The predicted molar refractivity (Wildman–Crippen MR) is 635 cm³/mol. The molecule has 0 N–H and O–H groups in total. The maximum Gasteiger partial charge on any atom is 0.137 e. The summed E-state index contributed by atoms with van der Waals surface area (Å²) in [5.41, 5.74) is 28.1. The fourth-order valence-electron chi connectivity index (χ4n) is 21.9. The first-order valence-electron chi connectivity index (χ1n) is 49.8. The molecule has 0 saturated heterocycles. The van der Waals surface area contributed by atoms with Gasteiger partial charge in [0.1, 0.15) is 22.3 Å². The molecule has 24 aromatic carbocycles. The predicted octanol–water partition coefficient (Wildman–Crippen LogP) is 42.2. The Kier molecular flexibility index (Phi) is 21.7. The molecule has 0 fully saturated rings. The summed E-state index contributed by atoms with van der Waals surface area (Å²) in [5.74, 6) is 0. The molecule has 0 aliphatic rings. The van der Waals surface area contributed by atoms with E-state index in [0.717, 1.165) is 89.3 Å². The van der Waals surface area contributed by atoms with E-state index >= 15 is 0 Å². The van der Waals surface area contributed by atoms with Gasteiger partial charge in [0.2, 0.25) is 0 Å². The first kappa shape index (κ1) is 86.8. The van der Waals surface area contributed by atoms with E-state index in [4.69, 9.17) is 8.83 Å². The Hall–Kier alpha value is -18.1. The molecule has 0 spiro atoms. The number of para-hydroxylation sites is 2. The second-order valence-electron chi connectivity index (χ2n) is 37.6. The molecular formula is C138H87N3O2S4. The van der Waals surface area contributed by atoms with Crippen molar-refractivity contribution in [3.63, 3.8) is 0 Å². The third kappa shape index (κ3) is 15.8. The van der Waals surface area contributed by atoms with Crippen LogP contribution >= 0.6 is 45.3 Å². The van der Waals surface area contributed by atoms with E-state index < -0.39 is 0 Å². The summed E-state index contributed by atoms with van der Waals surface area (Å²) in [7, 11) is 0. The van der Waals surface area contributed by atoms with E-state index in [0.29, 0.717) is 0 Å². The quantitative estimate of drug-likeness (QED) is 0.102. The largest absolute Gasteiger partial charge is 0.456 e. The van der Waals surface area contributed by atoms with Crippen LogP contribution in [0.25, 0.3) is 224 Å². The molecule has 0 atom stereocenters. The van der Waals surface area contributed by atoms with Gasteiger partial charge in [0, 0.05) is 145 Å². The van der Waals surface area contributed by atoms with Crippen molar-refractivity contribution in [2.75, 3.05) is 14.7 Å². The second-order valence-corrected chi connectivity index (χ2v) is 41.9. The minimum absolute atomic E-state index is 0.856. The first-order valence-corrected chi connectivity index (χ1v) is 53.0. The summed E-state index contributed by atoms with van der Waals surface area (Å²) < 4.78 is 23.1. The van der Waals surface area contributed by atoms with Gasteiger partial charge in [-0.05, 0) is 269 Å². The van der Waals surface area contributed by atoms with Crippen LogP contribution in [0, 0.1) is 0 Å². The fourth-order valence-corrected chi connectivity index (χ4v) is 26.6. The van der Waals surface area contributed by atoms with E-state index in [2.05, 4.69) is 518 Å². The number of nitrogens with zero attached hydrogens (tertiary/aromatic N) is 3. The van der Waals surface area contributed by atoms with Crippen molar-refractivity contribution >= 4 is 253 Å². The molecule has 0 bridgehead atoms. The van der Waals surface area contributed by atoms with Gasteiger partial charge in [0.25, 0.3) is 0 Å². The summed E-state index contributed by atoms with van der Waals surface area (Å²) in [6, 6.07) is 191. The lowest BCUT2D eigenvalue weighted by Gasteiger charge is -2.27. The topological polar surface area (TPSA) is 36.0 Å². The van der Waals surface area contributed by atoms with E-state index in [1.165, 1.54) is 186 Å². The molecular weight excluding hydrogens is 1860 g/mol. The lowest BCUT2D eigenvalue weighted by molar-refractivity contribution is 0.669. The van der Waals surface area contributed by atoms with E-state index in [-0.39, 0.29) is 0 Å². The maximum absolute atomic E-state index is 6.34. The molecule has 0 aliphatic heterocycles. The van der Waals surface area contributed by atoms with Crippen molar-refractivity contribution in [1.82, 2.24) is 0 Å². The molecule has 0 saturated carbocycles. The molecule has 0 radical (unpaired) electrons. The molecule has 0 aliphatic carbocycles. The number of hydrogen-bond acceptors (Lipinski definition) is 9. The molecule has 6 heterocycles. The standard InChI is InChI=1S/C46H29NO2.2C46H29NS2/c1-2-10-31(11-3-1)42-27-33(26-32-12-4-5-13-37(32)42)30-18-20-34(21-19-30)47(35-22-24-40-38-14-6-8-16-43(38)48-45(40)28-35)36-23-25-41-39-15-7-9-17-44(39)49-46(41)29-36;1-2-12-31(13-3-1)40-29-33(28-32-14-4-5-15-35(32)40)30-24-26-34(27-25-30)47(41-20-10-18-38-36-16-6-8-22-43(36)48-45(38)41)42-21-11-19-39-37-17-7-9-23-44(37)49-46(39)42;1-2-10-31(11-3-1)42-27-33(26-32-12-4-5-13-37(32)42)30-18-20-34(21-19-30)47(35-22-24-40-38-14-6-8-16-43(38)48-45(40)28-35)36-23-25-41-39-15-7-9-17-44(39)49-46(41)29-36/h3*1-29H. The number of thiophene rings is 4. The number of furan rings is 2. The van der Waals surface area contributed by atoms with Crippen LogP contribution in [0.4, 0.5) is 51.2 Å². The van der Waals surface area contributed by atoms with Gasteiger partial charge in [-0.25, -0.2) is 0 Å². The van der Waals surface area contributed by atoms with Gasteiger partial charge in [-0.3, -0.25) is 0 Å². The highest BCUT2D eigenvalue weighted by Gasteiger charge is 2.26. The smallest absolute Gasteiger partial charge is 0.137 e. The second kappa shape index (κ2) is 36.7. The molecule has 30 rings (SSSR count). The summed E-state index contributed by atoms with van der Waals surface area (Å²) in [6.07, 6.45) is 0. The fraction of sp³-hybridized carbons (Fsp3) is 0. The Balaban J connectivity index is 0.000000107. The van der Waals surface area contributed by atoms with Gasteiger partial charge < -0.3 is 23.5 Å². The van der Waals surface area contributed by atoms with Crippen molar-refractivity contribution in [3.8, 4) is 66.8 Å². The highest BCUT2D eigenvalue weighted by Crippen LogP contribution is 2.53. The Bertz CT molecular complexity index is 9620.